The fourth-order valence-corrected chi connectivity index (χ4v) is 5.54. The van der Waals surface area contributed by atoms with Crippen molar-refractivity contribution in [1.29, 1.82) is 0 Å². The molecule has 7 heteroatoms. The van der Waals surface area contributed by atoms with Gasteiger partial charge < -0.3 is 23.5 Å². The molecule has 200 valence electrons. The van der Waals surface area contributed by atoms with Crippen molar-refractivity contribution in [3.63, 3.8) is 0 Å². The van der Waals surface area contributed by atoms with Crippen LogP contribution in [0.3, 0.4) is 0 Å². The van der Waals surface area contributed by atoms with E-state index in [-0.39, 0.29) is 5.78 Å². The first-order valence-electron chi connectivity index (χ1n) is 13.2. The fraction of sp³-hybridized carbons (Fsp3) is 0.281. The van der Waals surface area contributed by atoms with E-state index in [1.807, 2.05) is 43.3 Å². The lowest BCUT2D eigenvalue weighted by Gasteiger charge is -2.30. The second-order valence-electron chi connectivity index (χ2n) is 9.97. The Kier molecular flexibility index (Phi) is 6.53. The van der Waals surface area contributed by atoms with Gasteiger partial charge >= 0.3 is 0 Å². The highest BCUT2D eigenvalue weighted by atomic mass is 16.5. The molecule has 2 aliphatic heterocycles. The maximum absolute atomic E-state index is 13.5. The number of allylic oxidation sites excluding steroid dienone is 1. The van der Waals surface area contributed by atoms with E-state index >= 15 is 0 Å². The van der Waals surface area contributed by atoms with E-state index in [0.29, 0.717) is 36.1 Å². The molecule has 39 heavy (non-hydrogen) atoms. The number of fused-ring (bicyclic) bond motifs is 4. The molecule has 2 aliphatic rings. The Hall–Kier alpha value is -4.23. The maximum Gasteiger partial charge on any atom is 0.232 e. The molecule has 4 aromatic rings. The number of ether oxygens (including phenoxy) is 4. The SMILES string of the molecule is CCn1cc(/C=C2/Oc3c4c(cc(C)c3C2=O)OCN(CCc2ccc(OC)c(OC)c2)C4)c2ccccc21. The molecule has 3 aromatic carbocycles. The molecule has 0 amide bonds. The molecule has 0 unspecified atom stereocenters. The Bertz CT molecular complexity index is 1620. The van der Waals surface area contributed by atoms with E-state index in [0.717, 1.165) is 64.2 Å². The lowest BCUT2D eigenvalue weighted by Crippen LogP contribution is -2.34. The van der Waals surface area contributed by atoms with E-state index in [2.05, 4.69) is 40.8 Å². The number of hydrogen-bond donors (Lipinski definition) is 0. The zero-order chi connectivity index (χ0) is 27.1. The zero-order valence-corrected chi connectivity index (χ0v) is 22.7. The number of aryl methyl sites for hydroxylation is 2. The van der Waals surface area contributed by atoms with Gasteiger partial charge in [-0.2, -0.15) is 0 Å². The lowest BCUT2D eigenvalue weighted by molar-refractivity contribution is 0.0949. The van der Waals surface area contributed by atoms with Crippen molar-refractivity contribution in [2.24, 2.45) is 0 Å². The Morgan fingerprint density at radius 1 is 1.05 bits per heavy atom. The summed E-state index contributed by atoms with van der Waals surface area (Å²) in [5.41, 5.74) is 5.68. The number of aromatic nitrogens is 1. The molecule has 6 rings (SSSR count). The predicted octanol–water partition coefficient (Wildman–Crippen LogP) is 6.00. The number of carbonyl (C=O) groups excluding carboxylic acids is 1. The number of hydrogen-bond acceptors (Lipinski definition) is 6. The number of carbonyl (C=O) groups is 1. The molecule has 1 aromatic heterocycles. The molecule has 0 saturated carbocycles. The van der Waals surface area contributed by atoms with Crippen molar-refractivity contribution in [2.45, 2.75) is 33.4 Å². The smallest absolute Gasteiger partial charge is 0.232 e. The summed E-state index contributed by atoms with van der Waals surface area (Å²) in [7, 11) is 3.28. The number of methoxy groups -OCH3 is 2. The van der Waals surface area contributed by atoms with Gasteiger partial charge in [0.15, 0.2) is 17.3 Å². The standard InChI is InChI=1S/C32H32N2O5/c1-5-34-17-22(23-8-6-7-9-25(23)34)16-29-31(35)30-20(2)14-27-24(32(30)39-29)18-33(19-38-27)13-12-21-10-11-26(36-3)28(15-21)37-4/h6-11,14-17H,5,12-13,18-19H2,1-4H3/b29-16+. The highest BCUT2D eigenvalue weighted by molar-refractivity contribution is 6.16. The normalized spacial score (nSPS) is 15.7. The van der Waals surface area contributed by atoms with Crippen LogP contribution < -0.4 is 18.9 Å². The van der Waals surface area contributed by atoms with E-state index in [4.69, 9.17) is 18.9 Å². The molecule has 0 atom stereocenters. The van der Waals surface area contributed by atoms with Crippen LogP contribution >= 0.6 is 0 Å². The maximum atomic E-state index is 13.5. The van der Waals surface area contributed by atoms with E-state index in [1.54, 1.807) is 14.2 Å². The van der Waals surface area contributed by atoms with E-state index in [9.17, 15) is 4.79 Å². The Labute approximate surface area is 228 Å². The number of para-hydroxylation sites is 1. The largest absolute Gasteiger partial charge is 0.493 e. The fourth-order valence-electron chi connectivity index (χ4n) is 5.54. The van der Waals surface area contributed by atoms with Crippen molar-refractivity contribution in [3.05, 3.63) is 88.3 Å². The van der Waals surface area contributed by atoms with Gasteiger partial charge in [0, 0.05) is 42.3 Å². The number of rotatable bonds is 7. The van der Waals surface area contributed by atoms with Crippen LogP contribution in [0.15, 0.2) is 60.5 Å². The van der Waals surface area contributed by atoms with Crippen molar-refractivity contribution >= 4 is 22.8 Å². The third kappa shape index (κ3) is 4.42. The van der Waals surface area contributed by atoms with Gasteiger partial charge in [-0.25, -0.2) is 0 Å². The number of nitrogens with zero attached hydrogens (tertiary/aromatic N) is 2. The average Bonchev–Trinajstić information content (AvgIpc) is 3.49. The van der Waals surface area contributed by atoms with Crippen LogP contribution in [0.2, 0.25) is 0 Å². The van der Waals surface area contributed by atoms with E-state index in [1.165, 1.54) is 0 Å². The van der Waals surface area contributed by atoms with Crippen LogP contribution in [0.1, 0.15) is 39.5 Å². The van der Waals surface area contributed by atoms with Crippen LogP contribution in [0.25, 0.3) is 17.0 Å². The number of ketones is 1. The lowest BCUT2D eigenvalue weighted by atomic mass is 9.98. The molecule has 0 fully saturated rings. The summed E-state index contributed by atoms with van der Waals surface area (Å²) in [5.74, 6) is 3.11. The van der Waals surface area contributed by atoms with Crippen LogP contribution in [-0.4, -0.2) is 42.7 Å². The van der Waals surface area contributed by atoms with Gasteiger partial charge in [0.1, 0.15) is 18.2 Å². The van der Waals surface area contributed by atoms with Gasteiger partial charge in [0.05, 0.1) is 25.3 Å². The van der Waals surface area contributed by atoms with E-state index < -0.39 is 0 Å². The second-order valence-corrected chi connectivity index (χ2v) is 9.97. The first kappa shape index (κ1) is 25.1. The summed E-state index contributed by atoms with van der Waals surface area (Å²) >= 11 is 0. The molecule has 7 nitrogen and oxygen atoms in total. The number of Topliss-reactive ketones (excluding diaryl/α,β-unsaturated/α-hetero) is 1. The average molecular weight is 525 g/mol. The third-order valence-electron chi connectivity index (χ3n) is 7.60. The van der Waals surface area contributed by atoms with Crippen molar-refractivity contribution in [2.75, 3.05) is 27.5 Å². The van der Waals surface area contributed by atoms with Gasteiger partial charge in [-0.05, 0) is 61.7 Å². The Morgan fingerprint density at radius 2 is 1.87 bits per heavy atom. The van der Waals surface area contributed by atoms with Crippen LogP contribution in [0, 0.1) is 6.92 Å². The third-order valence-corrected chi connectivity index (χ3v) is 7.60. The van der Waals surface area contributed by atoms with Gasteiger partial charge in [0.2, 0.25) is 5.78 Å². The van der Waals surface area contributed by atoms with Gasteiger partial charge in [0.25, 0.3) is 0 Å². The minimum Gasteiger partial charge on any atom is -0.493 e. The first-order chi connectivity index (χ1) is 19.0. The second kappa shape index (κ2) is 10.2. The summed E-state index contributed by atoms with van der Waals surface area (Å²) < 4.78 is 25.5. The predicted molar refractivity (Wildman–Crippen MR) is 151 cm³/mol. The van der Waals surface area contributed by atoms with Gasteiger partial charge in [-0.15, -0.1) is 0 Å². The Balaban J connectivity index is 1.26. The van der Waals surface area contributed by atoms with Gasteiger partial charge in [-0.3, -0.25) is 9.69 Å². The van der Waals surface area contributed by atoms with Crippen LogP contribution in [0.5, 0.6) is 23.0 Å². The Morgan fingerprint density at radius 3 is 2.67 bits per heavy atom. The quantitative estimate of drug-likeness (QED) is 0.277. The molecule has 0 bridgehead atoms. The summed E-state index contributed by atoms with van der Waals surface area (Å²) in [6.07, 6.45) is 4.78. The number of benzene rings is 3. The minimum absolute atomic E-state index is 0.0823. The molecule has 0 aliphatic carbocycles. The minimum atomic E-state index is -0.0823. The van der Waals surface area contributed by atoms with Crippen molar-refractivity contribution in [1.82, 2.24) is 9.47 Å². The summed E-state index contributed by atoms with van der Waals surface area (Å²) in [4.78, 5) is 15.8. The van der Waals surface area contributed by atoms with Crippen LogP contribution in [-0.2, 0) is 19.5 Å². The molecular weight excluding hydrogens is 492 g/mol. The zero-order valence-electron chi connectivity index (χ0n) is 22.7. The summed E-state index contributed by atoms with van der Waals surface area (Å²) in [5, 5.41) is 1.10. The van der Waals surface area contributed by atoms with Gasteiger partial charge in [-0.1, -0.05) is 24.3 Å². The highest BCUT2D eigenvalue weighted by Gasteiger charge is 2.35. The summed E-state index contributed by atoms with van der Waals surface area (Å²) in [6.45, 7) is 6.81. The summed E-state index contributed by atoms with van der Waals surface area (Å²) in [6, 6.07) is 16.2. The topological polar surface area (TPSA) is 62.2 Å². The van der Waals surface area contributed by atoms with Crippen molar-refractivity contribution in [3.8, 4) is 23.0 Å². The molecule has 0 radical (unpaired) electrons. The molecule has 0 spiro atoms. The molecule has 0 N–H and O–H groups in total. The first-order valence-corrected chi connectivity index (χ1v) is 13.2. The molecule has 3 heterocycles. The van der Waals surface area contributed by atoms with Crippen LogP contribution in [0.4, 0.5) is 0 Å². The van der Waals surface area contributed by atoms with Crippen molar-refractivity contribution < 1.29 is 23.7 Å². The monoisotopic (exact) mass is 524 g/mol. The highest BCUT2D eigenvalue weighted by Crippen LogP contribution is 2.44. The molecule has 0 saturated heterocycles. The molecular formula is C32H32N2O5.